The van der Waals surface area contributed by atoms with Gasteiger partial charge in [0.05, 0.1) is 24.5 Å². The van der Waals surface area contributed by atoms with Crippen LogP contribution < -0.4 is 5.32 Å². The highest BCUT2D eigenvalue weighted by atomic mass is 16.3. The van der Waals surface area contributed by atoms with Crippen molar-refractivity contribution in [2.24, 2.45) is 0 Å². The molecule has 1 rings (SSSR count). The van der Waals surface area contributed by atoms with Gasteiger partial charge in [0.25, 0.3) is 0 Å². The van der Waals surface area contributed by atoms with Crippen LogP contribution in [0.1, 0.15) is 25.6 Å². The summed E-state index contributed by atoms with van der Waals surface area (Å²) in [7, 11) is 0. The Morgan fingerprint density at radius 1 is 1.64 bits per heavy atom. The second-order valence-corrected chi connectivity index (χ2v) is 3.77. The summed E-state index contributed by atoms with van der Waals surface area (Å²) < 4.78 is 5.19. The number of hydrogen-bond donors (Lipinski definition) is 3. The van der Waals surface area contributed by atoms with Crippen molar-refractivity contribution in [1.82, 2.24) is 5.32 Å². The molecular formula is C10H17NO3. The third-order valence-electron chi connectivity index (χ3n) is 2.10. The van der Waals surface area contributed by atoms with Gasteiger partial charge in [0.1, 0.15) is 5.76 Å². The zero-order chi connectivity index (χ0) is 10.6. The predicted octanol–water partition coefficient (Wildman–Crippen LogP) is 0.673. The van der Waals surface area contributed by atoms with Gasteiger partial charge in [-0.3, -0.25) is 0 Å². The van der Waals surface area contributed by atoms with E-state index in [1.165, 1.54) is 0 Å². The van der Waals surface area contributed by atoms with Gasteiger partial charge in [0.15, 0.2) is 0 Å². The van der Waals surface area contributed by atoms with Crippen LogP contribution in [0.4, 0.5) is 0 Å². The lowest BCUT2D eigenvalue weighted by molar-refractivity contribution is 0.000654. The summed E-state index contributed by atoms with van der Waals surface area (Å²) in [4.78, 5) is 0. The molecule has 80 valence electrons. The van der Waals surface area contributed by atoms with Crippen molar-refractivity contribution in [3.05, 3.63) is 24.2 Å². The Morgan fingerprint density at radius 3 is 2.86 bits per heavy atom. The van der Waals surface area contributed by atoms with Gasteiger partial charge in [-0.05, 0) is 26.0 Å². The van der Waals surface area contributed by atoms with Gasteiger partial charge in [-0.2, -0.15) is 0 Å². The molecule has 1 aromatic rings. The standard InChI is InChI=1S/C10H17NO3/c1-8(9-4-3-5-14-9)11-6-10(2,13)7-12/h3-5,8,11-13H,6-7H2,1-2H3. The molecule has 0 saturated heterocycles. The van der Waals surface area contributed by atoms with E-state index >= 15 is 0 Å². The molecule has 0 fully saturated rings. The molecule has 0 aliphatic carbocycles. The van der Waals surface area contributed by atoms with Crippen molar-refractivity contribution in [2.75, 3.05) is 13.2 Å². The van der Waals surface area contributed by atoms with E-state index in [0.29, 0.717) is 6.54 Å². The molecule has 0 aliphatic heterocycles. The highest BCUT2D eigenvalue weighted by Gasteiger charge is 2.20. The summed E-state index contributed by atoms with van der Waals surface area (Å²) in [5.74, 6) is 0.818. The summed E-state index contributed by atoms with van der Waals surface area (Å²) in [6.07, 6.45) is 1.61. The Balaban J connectivity index is 2.39. The first-order chi connectivity index (χ1) is 6.55. The molecule has 4 heteroatoms. The van der Waals surface area contributed by atoms with E-state index in [4.69, 9.17) is 9.52 Å². The predicted molar refractivity (Wildman–Crippen MR) is 52.8 cm³/mol. The number of aliphatic hydroxyl groups is 2. The van der Waals surface area contributed by atoms with Crippen LogP contribution in [-0.4, -0.2) is 29.0 Å². The zero-order valence-corrected chi connectivity index (χ0v) is 8.53. The van der Waals surface area contributed by atoms with Crippen LogP contribution in [0.3, 0.4) is 0 Å². The first-order valence-electron chi connectivity index (χ1n) is 4.65. The number of nitrogens with one attached hydrogen (secondary N) is 1. The second kappa shape index (κ2) is 4.59. The summed E-state index contributed by atoms with van der Waals surface area (Å²) in [5, 5.41) is 21.4. The Bertz CT molecular complexity index is 256. The lowest BCUT2D eigenvalue weighted by Crippen LogP contribution is -2.41. The molecule has 0 amide bonds. The van der Waals surface area contributed by atoms with E-state index in [-0.39, 0.29) is 12.6 Å². The van der Waals surface area contributed by atoms with Crippen LogP contribution in [0.5, 0.6) is 0 Å². The van der Waals surface area contributed by atoms with Gasteiger partial charge >= 0.3 is 0 Å². The Labute approximate surface area is 83.6 Å². The van der Waals surface area contributed by atoms with E-state index in [2.05, 4.69) is 5.32 Å². The molecule has 14 heavy (non-hydrogen) atoms. The van der Waals surface area contributed by atoms with Gasteiger partial charge in [-0.1, -0.05) is 0 Å². The van der Waals surface area contributed by atoms with Gasteiger partial charge in [0.2, 0.25) is 0 Å². The van der Waals surface area contributed by atoms with Crippen molar-refractivity contribution in [2.45, 2.75) is 25.5 Å². The third kappa shape index (κ3) is 3.14. The normalized spacial score (nSPS) is 17.7. The van der Waals surface area contributed by atoms with E-state index in [1.54, 1.807) is 13.2 Å². The maximum Gasteiger partial charge on any atom is 0.120 e. The molecule has 4 nitrogen and oxygen atoms in total. The highest BCUT2D eigenvalue weighted by Crippen LogP contribution is 2.13. The third-order valence-corrected chi connectivity index (χ3v) is 2.10. The Morgan fingerprint density at radius 2 is 2.36 bits per heavy atom. The maximum atomic E-state index is 9.53. The molecule has 0 aliphatic rings. The van der Waals surface area contributed by atoms with E-state index in [9.17, 15) is 5.11 Å². The monoisotopic (exact) mass is 199 g/mol. The molecule has 0 radical (unpaired) electrons. The van der Waals surface area contributed by atoms with E-state index in [1.807, 2.05) is 19.1 Å². The van der Waals surface area contributed by atoms with Crippen molar-refractivity contribution in [3.63, 3.8) is 0 Å². The number of furan rings is 1. The molecule has 1 heterocycles. The molecule has 0 aromatic carbocycles. The fourth-order valence-corrected chi connectivity index (χ4v) is 1.07. The minimum Gasteiger partial charge on any atom is -0.468 e. The highest BCUT2D eigenvalue weighted by molar-refractivity contribution is 5.03. The summed E-state index contributed by atoms with van der Waals surface area (Å²) in [5.41, 5.74) is -1.08. The van der Waals surface area contributed by atoms with E-state index in [0.717, 1.165) is 5.76 Å². The van der Waals surface area contributed by atoms with Crippen LogP contribution in [-0.2, 0) is 0 Å². The molecule has 0 saturated carbocycles. The Kier molecular flexibility index (Phi) is 3.69. The fraction of sp³-hybridized carbons (Fsp3) is 0.600. The average molecular weight is 199 g/mol. The topological polar surface area (TPSA) is 65.6 Å². The lowest BCUT2D eigenvalue weighted by Gasteiger charge is -2.22. The molecule has 3 N–H and O–H groups in total. The molecular weight excluding hydrogens is 182 g/mol. The number of hydrogen-bond acceptors (Lipinski definition) is 4. The minimum absolute atomic E-state index is 0.0306. The van der Waals surface area contributed by atoms with Gasteiger partial charge in [-0.15, -0.1) is 0 Å². The van der Waals surface area contributed by atoms with Crippen molar-refractivity contribution >= 4 is 0 Å². The fourth-order valence-electron chi connectivity index (χ4n) is 1.07. The van der Waals surface area contributed by atoms with Gasteiger partial charge < -0.3 is 19.9 Å². The molecule has 1 aromatic heterocycles. The lowest BCUT2D eigenvalue weighted by atomic mass is 10.1. The molecule has 2 unspecified atom stereocenters. The van der Waals surface area contributed by atoms with E-state index < -0.39 is 5.60 Å². The first kappa shape index (κ1) is 11.2. The largest absolute Gasteiger partial charge is 0.468 e. The maximum absolute atomic E-state index is 9.53. The molecule has 2 atom stereocenters. The smallest absolute Gasteiger partial charge is 0.120 e. The molecule has 0 bridgehead atoms. The SMILES string of the molecule is CC(NCC(C)(O)CO)c1ccco1. The first-order valence-corrected chi connectivity index (χ1v) is 4.65. The number of aliphatic hydroxyl groups excluding tert-OH is 1. The summed E-state index contributed by atoms with van der Waals surface area (Å²) >= 11 is 0. The molecule has 0 spiro atoms. The van der Waals surface area contributed by atoms with Crippen molar-refractivity contribution in [3.8, 4) is 0 Å². The Hall–Kier alpha value is -0.840. The second-order valence-electron chi connectivity index (χ2n) is 3.77. The van der Waals surface area contributed by atoms with Gasteiger partial charge in [0, 0.05) is 6.54 Å². The van der Waals surface area contributed by atoms with Crippen LogP contribution >= 0.6 is 0 Å². The summed E-state index contributed by atoms with van der Waals surface area (Å²) in [6, 6.07) is 3.71. The number of rotatable bonds is 5. The van der Waals surface area contributed by atoms with Gasteiger partial charge in [-0.25, -0.2) is 0 Å². The van der Waals surface area contributed by atoms with Crippen molar-refractivity contribution < 1.29 is 14.6 Å². The van der Waals surface area contributed by atoms with Crippen molar-refractivity contribution in [1.29, 1.82) is 0 Å². The van der Waals surface area contributed by atoms with Crippen LogP contribution in [0.15, 0.2) is 22.8 Å². The van der Waals surface area contributed by atoms with Crippen LogP contribution in [0.2, 0.25) is 0 Å². The minimum atomic E-state index is -1.08. The quantitative estimate of drug-likeness (QED) is 0.652. The van der Waals surface area contributed by atoms with Crippen LogP contribution in [0, 0.1) is 0 Å². The van der Waals surface area contributed by atoms with Crippen LogP contribution in [0.25, 0.3) is 0 Å². The summed E-state index contributed by atoms with van der Waals surface area (Å²) in [6.45, 7) is 3.58. The zero-order valence-electron chi connectivity index (χ0n) is 8.53. The average Bonchev–Trinajstić information content (AvgIpc) is 2.67.